The Kier molecular flexibility index (Phi) is 4.51. The summed E-state index contributed by atoms with van der Waals surface area (Å²) in [5, 5.41) is 3.29. The van der Waals surface area contributed by atoms with Crippen LogP contribution in [0.3, 0.4) is 0 Å². The maximum absolute atomic E-state index is 4.59. The zero-order chi connectivity index (χ0) is 15.5. The summed E-state index contributed by atoms with van der Waals surface area (Å²) in [6, 6.07) is 9.51. The van der Waals surface area contributed by atoms with Gasteiger partial charge in [0.2, 0.25) is 0 Å². The average molecular weight is 297 g/mol. The molecule has 1 fully saturated rings. The molecule has 1 saturated carbocycles. The van der Waals surface area contributed by atoms with Gasteiger partial charge in [0.05, 0.1) is 0 Å². The van der Waals surface area contributed by atoms with Gasteiger partial charge >= 0.3 is 0 Å². The van der Waals surface area contributed by atoms with Crippen molar-refractivity contribution in [1.82, 2.24) is 5.32 Å². The Morgan fingerprint density at radius 3 is 2.86 bits per heavy atom. The van der Waals surface area contributed by atoms with Crippen LogP contribution in [0.15, 0.2) is 40.5 Å². The van der Waals surface area contributed by atoms with E-state index in [2.05, 4.69) is 46.4 Å². The Morgan fingerprint density at radius 1 is 1.27 bits per heavy atom. The molecule has 1 aromatic carbocycles. The highest BCUT2D eigenvalue weighted by atomic mass is 15.2. The molecule has 0 aromatic heterocycles. The molecule has 3 nitrogen and oxygen atoms in total. The number of hydrogen-bond acceptors (Lipinski definition) is 3. The van der Waals surface area contributed by atoms with Gasteiger partial charge < -0.3 is 10.2 Å². The minimum absolute atomic E-state index is 0.591. The SMILES string of the molecule is CN=C1CC(N2CCCc3ccccc32)CC/C1=C(\C)NC. The van der Waals surface area contributed by atoms with Gasteiger partial charge in [-0.1, -0.05) is 18.2 Å². The number of aryl methyl sites for hydroxylation is 1. The summed E-state index contributed by atoms with van der Waals surface area (Å²) in [5.74, 6) is 0. The van der Waals surface area contributed by atoms with Crippen molar-refractivity contribution in [2.24, 2.45) is 4.99 Å². The minimum atomic E-state index is 0.591. The Morgan fingerprint density at radius 2 is 2.09 bits per heavy atom. The fraction of sp³-hybridized carbons (Fsp3) is 0.526. The zero-order valence-corrected chi connectivity index (χ0v) is 14.0. The number of anilines is 1. The third-order valence-corrected chi connectivity index (χ3v) is 5.19. The highest BCUT2D eigenvalue weighted by molar-refractivity contribution is 6.02. The number of hydrogen-bond donors (Lipinski definition) is 1. The quantitative estimate of drug-likeness (QED) is 0.904. The normalized spacial score (nSPS) is 25.9. The third kappa shape index (κ3) is 2.77. The lowest BCUT2D eigenvalue weighted by Crippen LogP contribution is -2.43. The van der Waals surface area contributed by atoms with Crippen LogP contribution in [0.1, 0.15) is 38.2 Å². The van der Waals surface area contributed by atoms with Gasteiger partial charge in [-0.05, 0) is 49.8 Å². The van der Waals surface area contributed by atoms with Crippen molar-refractivity contribution < 1.29 is 0 Å². The highest BCUT2D eigenvalue weighted by Crippen LogP contribution is 2.34. The molecule has 0 spiro atoms. The van der Waals surface area contributed by atoms with Crippen LogP contribution < -0.4 is 10.2 Å². The van der Waals surface area contributed by atoms with Crippen molar-refractivity contribution in [2.75, 3.05) is 25.5 Å². The average Bonchev–Trinajstić information content (AvgIpc) is 2.60. The van der Waals surface area contributed by atoms with Crippen LogP contribution in [-0.4, -0.2) is 32.4 Å². The van der Waals surface area contributed by atoms with Crippen molar-refractivity contribution in [3.63, 3.8) is 0 Å². The summed E-state index contributed by atoms with van der Waals surface area (Å²) in [4.78, 5) is 7.23. The van der Waals surface area contributed by atoms with E-state index in [1.54, 1.807) is 0 Å². The van der Waals surface area contributed by atoms with Gasteiger partial charge in [0.1, 0.15) is 0 Å². The fourth-order valence-corrected chi connectivity index (χ4v) is 3.89. The second-order valence-electron chi connectivity index (χ2n) is 6.35. The molecule has 1 aromatic rings. The number of aliphatic imine (C=N–C) groups is 1. The predicted octanol–water partition coefficient (Wildman–Crippen LogP) is 3.56. The lowest BCUT2D eigenvalue weighted by molar-refractivity contribution is 0.524. The van der Waals surface area contributed by atoms with E-state index in [9.17, 15) is 0 Å². The highest BCUT2D eigenvalue weighted by Gasteiger charge is 2.30. The Labute approximate surface area is 134 Å². The lowest BCUT2D eigenvalue weighted by atomic mass is 9.85. The number of para-hydroxylation sites is 1. The first kappa shape index (κ1) is 15.1. The maximum atomic E-state index is 4.59. The fourth-order valence-electron chi connectivity index (χ4n) is 3.89. The first-order valence-electron chi connectivity index (χ1n) is 8.42. The van der Waals surface area contributed by atoms with E-state index in [-0.39, 0.29) is 0 Å². The molecule has 1 aliphatic carbocycles. The van der Waals surface area contributed by atoms with Crippen molar-refractivity contribution >= 4 is 11.4 Å². The van der Waals surface area contributed by atoms with Crippen molar-refractivity contribution in [1.29, 1.82) is 0 Å². The summed E-state index contributed by atoms with van der Waals surface area (Å²) in [7, 11) is 3.94. The van der Waals surface area contributed by atoms with E-state index in [1.807, 2.05) is 14.1 Å². The molecule has 0 bridgehead atoms. The summed E-state index contributed by atoms with van der Waals surface area (Å²) < 4.78 is 0. The summed E-state index contributed by atoms with van der Waals surface area (Å²) in [5.41, 5.74) is 6.94. The Balaban J connectivity index is 1.84. The monoisotopic (exact) mass is 297 g/mol. The predicted molar refractivity (Wildman–Crippen MR) is 94.9 cm³/mol. The first-order valence-corrected chi connectivity index (χ1v) is 8.42. The van der Waals surface area contributed by atoms with Crippen molar-refractivity contribution in [3.8, 4) is 0 Å². The van der Waals surface area contributed by atoms with Crippen LogP contribution in [0.2, 0.25) is 0 Å². The summed E-state index contributed by atoms with van der Waals surface area (Å²) in [6.07, 6.45) is 5.91. The minimum Gasteiger partial charge on any atom is -0.391 e. The van der Waals surface area contributed by atoms with Crippen molar-refractivity contribution in [3.05, 3.63) is 41.1 Å². The van der Waals surface area contributed by atoms with Gasteiger partial charge in [0.15, 0.2) is 0 Å². The molecular formula is C19H27N3. The van der Waals surface area contributed by atoms with Crippen LogP contribution in [-0.2, 0) is 6.42 Å². The first-order chi connectivity index (χ1) is 10.7. The van der Waals surface area contributed by atoms with Crippen LogP contribution in [0, 0.1) is 0 Å². The molecule has 1 heterocycles. The molecule has 3 rings (SSSR count). The molecule has 2 aliphatic rings. The van der Waals surface area contributed by atoms with Gasteiger partial charge in [-0.15, -0.1) is 0 Å². The largest absolute Gasteiger partial charge is 0.391 e. The molecule has 3 heteroatoms. The number of allylic oxidation sites excluding steroid dienone is 2. The van der Waals surface area contributed by atoms with Gasteiger partial charge in [0.25, 0.3) is 0 Å². The molecule has 0 amide bonds. The third-order valence-electron chi connectivity index (χ3n) is 5.19. The molecule has 1 N–H and O–H groups in total. The van der Waals surface area contributed by atoms with E-state index < -0.39 is 0 Å². The zero-order valence-electron chi connectivity index (χ0n) is 14.0. The molecule has 1 aliphatic heterocycles. The molecule has 1 atom stereocenters. The van der Waals surface area contributed by atoms with Gasteiger partial charge in [-0.2, -0.15) is 0 Å². The van der Waals surface area contributed by atoms with Crippen LogP contribution >= 0.6 is 0 Å². The Bertz CT molecular complexity index is 600. The van der Waals surface area contributed by atoms with Crippen LogP contribution in [0.5, 0.6) is 0 Å². The second kappa shape index (κ2) is 6.55. The molecule has 0 radical (unpaired) electrons. The lowest BCUT2D eigenvalue weighted by Gasteiger charge is -2.41. The van der Waals surface area contributed by atoms with E-state index in [1.165, 1.54) is 54.0 Å². The summed E-state index contributed by atoms with van der Waals surface area (Å²) in [6.45, 7) is 3.35. The van der Waals surface area contributed by atoms with Crippen molar-refractivity contribution in [2.45, 2.75) is 45.1 Å². The molecule has 0 saturated heterocycles. The van der Waals surface area contributed by atoms with Gasteiger partial charge in [0, 0.05) is 50.2 Å². The second-order valence-corrected chi connectivity index (χ2v) is 6.35. The number of nitrogens with one attached hydrogen (secondary N) is 1. The molecule has 118 valence electrons. The van der Waals surface area contributed by atoms with E-state index in [0.717, 1.165) is 12.8 Å². The topological polar surface area (TPSA) is 27.6 Å². The standard InChI is InChI=1S/C19H27N3/c1-14(20-2)17-11-10-16(13-18(17)21-3)22-12-6-8-15-7-4-5-9-19(15)22/h4-5,7,9,16,20H,6,8,10-13H2,1-3H3/b17-14-,21-18?. The summed E-state index contributed by atoms with van der Waals surface area (Å²) >= 11 is 0. The van der Waals surface area contributed by atoms with Gasteiger partial charge in [-0.25, -0.2) is 0 Å². The molecule has 22 heavy (non-hydrogen) atoms. The van der Waals surface area contributed by atoms with E-state index in [0.29, 0.717) is 6.04 Å². The number of rotatable bonds is 2. The molecular weight excluding hydrogens is 270 g/mol. The van der Waals surface area contributed by atoms with Gasteiger partial charge in [-0.3, -0.25) is 4.99 Å². The Hall–Kier alpha value is -1.77. The van der Waals surface area contributed by atoms with Crippen LogP contribution in [0.25, 0.3) is 0 Å². The maximum Gasteiger partial charge on any atom is 0.0414 e. The van der Waals surface area contributed by atoms with E-state index >= 15 is 0 Å². The van der Waals surface area contributed by atoms with E-state index in [4.69, 9.17) is 0 Å². The van der Waals surface area contributed by atoms with Crippen LogP contribution in [0.4, 0.5) is 5.69 Å². The number of nitrogens with zero attached hydrogens (tertiary/aromatic N) is 2. The number of fused-ring (bicyclic) bond motifs is 1. The smallest absolute Gasteiger partial charge is 0.0414 e. The number of benzene rings is 1. The molecule has 1 unspecified atom stereocenters.